The number of aliphatic carboxylic acids is 1. The molecule has 0 bridgehead atoms. The number of carbonyl (C=O) groups excluding carboxylic acids is 1. The molecule has 1 amide bonds. The highest BCUT2D eigenvalue weighted by atomic mass is 16.4. The van der Waals surface area contributed by atoms with Gasteiger partial charge in [-0.25, -0.2) is 0 Å². The monoisotopic (exact) mass is 174 g/mol. The molecule has 1 heterocycles. The lowest BCUT2D eigenvalue weighted by Gasteiger charge is -2.26. The molecule has 1 fully saturated rings. The van der Waals surface area contributed by atoms with E-state index in [4.69, 9.17) is 10.2 Å². The molecule has 0 aromatic carbocycles. The molecule has 0 spiro atoms. The molecule has 6 heteroatoms. The molecule has 0 saturated carbocycles. The highest BCUT2D eigenvalue weighted by Crippen LogP contribution is 1.98. The Kier molecular flexibility index (Phi) is 2.61. The fourth-order valence-electron chi connectivity index (χ4n) is 1.01. The van der Waals surface area contributed by atoms with Crippen molar-refractivity contribution < 1.29 is 19.8 Å². The molecule has 0 aliphatic carbocycles. The predicted molar refractivity (Wildman–Crippen MR) is 38.2 cm³/mol. The second-order valence-corrected chi connectivity index (χ2v) is 2.58. The number of nitrogens with one attached hydrogen (secondary N) is 2. The molecule has 1 aliphatic heterocycles. The van der Waals surface area contributed by atoms with E-state index in [1.54, 1.807) is 0 Å². The maximum atomic E-state index is 10.9. The Labute approximate surface area is 68.6 Å². The molecule has 68 valence electrons. The maximum absolute atomic E-state index is 10.9. The first kappa shape index (κ1) is 8.95. The van der Waals surface area contributed by atoms with Gasteiger partial charge in [0.05, 0.1) is 19.0 Å². The van der Waals surface area contributed by atoms with Crippen LogP contribution in [0.4, 0.5) is 0 Å². The third kappa shape index (κ3) is 2.18. The van der Waals surface area contributed by atoms with E-state index < -0.39 is 18.2 Å². The zero-order valence-corrected chi connectivity index (χ0v) is 6.28. The van der Waals surface area contributed by atoms with Crippen LogP contribution in [0.5, 0.6) is 0 Å². The first-order chi connectivity index (χ1) is 5.59. The van der Waals surface area contributed by atoms with Crippen molar-refractivity contribution in [1.82, 2.24) is 10.6 Å². The molecular weight excluding hydrogens is 164 g/mol. The molecule has 1 saturated heterocycles. The maximum Gasteiger partial charge on any atom is 0.305 e. The van der Waals surface area contributed by atoms with Crippen LogP contribution >= 0.6 is 0 Å². The van der Waals surface area contributed by atoms with E-state index >= 15 is 0 Å². The van der Waals surface area contributed by atoms with Gasteiger partial charge in [-0.2, -0.15) is 0 Å². The minimum atomic E-state index is -1.07. The molecule has 4 N–H and O–H groups in total. The van der Waals surface area contributed by atoms with Crippen LogP contribution in [0.2, 0.25) is 0 Å². The third-order valence-corrected chi connectivity index (χ3v) is 1.56. The zero-order chi connectivity index (χ0) is 9.14. The fraction of sp³-hybridized carbons (Fsp3) is 0.667. The van der Waals surface area contributed by atoms with Crippen molar-refractivity contribution in [3.05, 3.63) is 0 Å². The summed E-state index contributed by atoms with van der Waals surface area (Å²) >= 11 is 0. The number of rotatable bonds is 2. The van der Waals surface area contributed by atoms with Gasteiger partial charge in [0.25, 0.3) is 0 Å². The Bertz CT molecular complexity index is 206. The summed E-state index contributed by atoms with van der Waals surface area (Å²) in [7, 11) is 0. The average molecular weight is 174 g/mol. The van der Waals surface area contributed by atoms with E-state index in [2.05, 4.69) is 10.6 Å². The number of amides is 1. The minimum Gasteiger partial charge on any atom is -0.481 e. The van der Waals surface area contributed by atoms with Crippen LogP contribution in [0.25, 0.3) is 0 Å². The summed E-state index contributed by atoms with van der Waals surface area (Å²) in [5.74, 6) is -1.46. The number of carboxylic acids is 1. The summed E-state index contributed by atoms with van der Waals surface area (Å²) in [6.45, 7) is 0.120. The van der Waals surface area contributed by atoms with E-state index in [0.29, 0.717) is 0 Å². The van der Waals surface area contributed by atoms with E-state index in [1.165, 1.54) is 0 Å². The largest absolute Gasteiger partial charge is 0.481 e. The van der Waals surface area contributed by atoms with E-state index in [9.17, 15) is 9.59 Å². The van der Waals surface area contributed by atoms with Gasteiger partial charge in [-0.05, 0) is 0 Å². The molecule has 0 aromatic heterocycles. The van der Waals surface area contributed by atoms with Crippen LogP contribution in [-0.4, -0.2) is 40.9 Å². The molecule has 0 aromatic rings. The number of aliphatic hydroxyl groups excluding tert-OH is 1. The molecule has 0 radical (unpaired) electrons. The Morgan fingerprint density at radius 3 is 2.92 bits per heavy atom. The van der Waals surface area contributed by atoms with Crippen LogP contribution in [-0.2, 0) is 9.59 Å². The smallest absolute Gasteiger partial charge is 0.305 e. The van der Waals surface area contributed by atoms with Gasteiger partial charge in [0, 0.05) is 0 Å². The molecular formula is C6H10N2O4. The Hall–Kier alpha value is -1.14. The van der Waals surface area contributed by atoms with Crippen LogP contribution in [0, 0.1) is 0 Å². The average Bonchev–Trinajstić information content (AvgIpc) is 1.96. The molecule has 6 nitrogen and oxygen atoms in total. The topological polar surface area (TPSA) is 98.7 Å². The van der Waals surface area contributed by atoms with Crippen LogP contribution < -0.4 is 10.6 Å². The zero-order valence-electron chi connectivity index (χ0n) is 6.28. The minimum absolute atomic E-state index is 0.120. The Morgan fingerprint density at radius 1 is 1.67 bits per heavy atom. The van der Waals surface area contributed by atoms with Gasteiger partial charge in [-0.15, -0.1) is 0 Å². The summed E-state index contributed by atoms with van der Waals surface area (Å²) < 4.78 is 0. The van der Waals surface area contributed by atoms with Gasteiger partial charge in [0.15, 0.2) is 0 Å². The summed E-state index contributed by atoms with van der Waals surface area (Å²) in [5, 5.41) is 22.2. The molecule has 1 aliphatic rings. The van der Waals surface area contributed by atoms with E-state index in [1.807, 2.05) is 0 Å². The number of hydrogen-bond acceptors (Lipinski definition) is 4. The van der Waals surface area contributed by atoms with Gasteiger partial charge in [0.1, 0.15) is 6.23 Å². The van der Waals surface area contributed by atoms with Crippen LogP contribution in [0.1, 0.15) is 6.42 Å². The summed E-state index contributed by atoms with van der Waals surface area (Å²) in [6.07, 6.45) is -1.17. The first-order valence-electron chi connectivity index (χ1n) is 3.53. The number of piperazine rings is 1. The van der Waals surface area contributed by atoms with Crippen LogP contribution in [0.15, 0.2) is 0 Å². The highest BCUT2D eigenvalue weighted by Gasteiger charge is 2.27. The van der Waals surface area contributed by atoms with Gasteiger partial charge >= 0.3 is 5.97 Å². The van der Waals surface area contributed by atoms with Crippen molar-refractivity contribution in [3.8, 4) is 0 Å². The lowest BCUT2D eigenvalue weighted by molar-refractivity contribution is -0.141. The van der Waals surface area contributed by atoms with Crippen molar-refractivity contribution in [2.45, 2.75) is 18.7 Å². The molecule has 2 unspecified atom stereocenters. The molecule has 2 atom stereocenters. The lowest BCUT2D eigenvalue weighted by atomic mass is 10.1. The SMILES string of the molecule is O=C(O)CC1NC(O)CNC1=O. The van der Waals surface area contributed by atoms with Gasteiger partial charge in [0.2, 0.25) is 5.91 Å². The second kappa shape index (κ2) is 3.51. The Balaban J connectivity index is 2.49. The first-order valence-corrected chi connectivity index (χ1v) is 3.53. The standard InChI is InChI=1S/C6H10N2O4/c9-4-2-7-6(12)3(8-4)1-5(10)11/h3-4,8-9H,1-2H2,(H,7,12)(H,10,11). The highest BCUT2D eigenvalue weighted by molar-refractivity contribution is 5.86. The lowest BCUT2D eigenvalue weighted by Crippen LogP contribution is -2.58. The number of hydrogen-bond donors (Lipinski definition) is 4. The van der Waals surface area contributed by atoms with Gasteiger partial charge < -0.3 is 15.5 Å². The number of β-amino-alcohol motifs (C(OH)–C–C–N with tert-alkyl or cyclic N) is 1. The van der Waals surface area contributed by atoms with Crippen molar-refractivity contribution in [2.75, 3.05) is 6.54 Å². The van der Waals surface area contributed by atoms with E-state index in [-0.39, 0.29) is 18.9 Å². The fourth-order valence-corrected chi connectivity index (χ4v) is 1.01. The second-order valence-electron chi connectivity index (χ2n) is 2.58. The third-order valence-electron chi connectivity index (χ3n) is 1.56. The predicted octanol–water partition coefficient (Wildman–Crippen LogP) is -2.13. The van der Waals surface area contributed by atoms with Crippen molar-refractivity contribution in [3.63, 3.8) is 0 Å². The van der Waals surface area contributed by atoms with E-state index in [0.717, 1.165) is 0 Å². The molecule has 1 rings (SSSR count). The van der Waals surface area contributed by atoms with Gasteiger partial charge in [-0.3, -0.25) is 14.9 Å². The summed E-state index contributed by atoms with van der Waals surface area (Å²) in [5.41, 5.74) is 0. The van der Waals surface area contributed by atoms with Crippen molar-refractivity contribution in [1.29, 1.82) is 0 Å². The van der Waals surface area contributed by atoms with Crippen molar-refractivity contribution >= 4 is 11.9 Å². The molecule has 12 heavy (non-hydrogen) atoms. The summed E-state index contributed by atoms with van der Waals surface area (Å²) in [4.78, 5) is 21.1. The van der Waals surface area contributed by atoms with Crippen LogP contribution in [0.3, 0.4) is 0 Å². The number of carbonyl (C=O) groups is 2. The quantitative estimate of drug-likeness (QED) is 0.383. The number of carboxylic acid groups (broad SMARTS) is 1. The number of aliphatic hydroxyl groups is 1. The Morgan fingerprint density at radius 2 is 2.33 bits per heavy atom. The normalized spacial score (nSPS) is 29.6. The van der Waals surface area contributed by atoms with Crippen molar-refractivity contribution in [2.24, 2.45) is 0 Å². The van der Waals surface area contributed by atoms with Gasteiger partial charge in [-0.1, -0.05) is 0 Å². The summed E-state index contributed by atoms with van der Waals surface area (Å²) in [6, 6.07) is -0.828.